The van der Waals surface area contributed by atoms with Gasteiger partial charge in [-0.3, -0.25) is 0 Å². The Labute approximate surface area is 107 Å². The Hall–Kier alpha value is -1.84. The highest BCUT2D eigenvalue weighted by molar-refractivity contribution is 5.29. The molecule has 18 heavy (non-hydrogen) atoms. The quantitative estimate of drug-likeness (QED) is 0.880. The Bertz CT molecular complexity index is 502. The molecule has 96 valence electrons. The normalized spacial score (nSPS) is 10.6. The first kappa shape index (κ1) is 12.6. The van der Waals surface area contributed by atoms with E-state index in [-0.39, 0.29) is 5.82 Å². The first-order valence-corrected chi connectivity index (χ1v) is 6.21. The van der Waals surface area contributed by atoms with Crippen molar-refractivity contribution < 1.29 is 4.39 Å². The van der Waals surface area contributed by atoms with Crippen LogP contribution < -0.4 is 5.32 Å². The van der Waals surface area contributed by atoms with E-state index in [1.165, 1.54) is 12.1 Å². The van der Waals surface area contributed by atoms with Crippen LogP contribution in [0.1, 0.15) is 18.2 Å². The Balaban J connectivity index is 1.90. The number of rotatable bonds is 5. The van der Waals surface area contributed by atoms with Crippen LogP contribution in [0.15, 0.2) is 30.5 Å². The van der Waals surface area contributed by atoms with Crippen molar-refractivity contribution in [1.29, 1.82) is 0 Å². The van der Waals surface area contributed by atoms with Crippen molar-refractivity contribution in [2.45, 2.75) is 26.8 Å². The molecule has 0 spiro atoms. The summed E-state index contributed by atoms with van der Waals surface area (Å²) in [6.45, 7) is 5.77. The zero-order valence-electron chi connectivity index (χ0n) is 10.8. The molecule has 3 nitrogen and oxygen atoms in total. The third kappa shape index (κ3) is 3.09. The third-order valence-corrected chi connectivity index (χ3v) is 2.85. The fourth-order valence-electron chi connectivity index (χ4n) is 1.90. The average molecular weight is 247 g/mol. The lowest BCUT2D eigenvalue weighted by molar-refractivity contribution is 0.627. The molecule has 1 aromatic heterocycles. The van der Waals surface area contributed by atoms with Gasteiger partial charge >= 0.3 is 0 Å². The number of imidazole rings is 1. The molecule has 0 saturated carbocycles. The number of nitrogens with one attached hydrogen (secondary N) is 1. The second kappa shape index (κ2) is 5.67. The topological polar surface area (TPSA) is 29.9 Å². The summed E-state index contributed by atoms with van der Waals surface area (Å²) in [4.78, 5) is 4.42. The molecule has 2 rings (SSSR count). The van der Waals surface area contributed by atoms with Gasteiger partial charge in [-0.25, -0.2) is 9.37 Å². The van der Waals surface area contributed by atoms with Crippen LogP contribution in [0.25, 0.3) is 0 Å². The maximum Gasteiger partial charge on any atom is 0.203 e. The molecule has 0 fully saturated rings. The Morgan fingerprint density at radius 2 is 2.00 bits per heavy atom. The summed E-state index contributed by atoms with van der Waals surface area (Å²) in [7, 11) is 0. The molecule has 0 saturated heterocycles. The number of hydrogen-bond acceptors (Lipinski definition) is 2. The Morgan fingerprint density at radius 1 is 1.28 bits per heavy atom. The van der Waals surface area contributed by atoms with Gasteiger partial charge in [-0.15, -0.1) is 0 Å². The van der Waals surface area contributed by atoms with E-state index in [0.29, 0.717) is 0 Å². The van der Waals surface area contributed by atoms with Crippen LogP contribution in [0.5, 0.6) is 0 Å². The number of benzene rings is 1. The molecule has 0 aliphatic rings. The number of hydrogen-bond donors (Lipinski definition) is 1. The van der Waals surface area contributed by atoms with Crippen LogP contribution in [0.4, 0.5) is 10.3 Å². The molecule has 0 unspecified atom stereocenters. The summed E-state index contributed by atoms with van der Waals surface area (Å²) >= 11 is 0. The highest BCUT2D eigenvalue weighted by Gasteiger charge is 2.03. The van der Waals surface area contributed by atoms with Gasteiger partial charge in [-0.05, 0) is 38.0 Å². The number of aryl methyl sites for hydroxylation is 2. The van der Waals surface area contributed by atoms with Gasteiger partial charge < -0.3 is 9.88 Å². The molecule has 1 aromatic carbocycles. The lowest BCUT2D eigenvalue weighted by atomic mass is 10.1. The molecular weight excluding hydrogens is 229 g/mol. The standard InChI is InChI=1S/C14H18FN3/c1-3-18-10-11(2)17-14(18)16-9-8-12-4-6-13(15)7-5-12/h4-7,10H,3,8-9H2,1-2H3,(H,16,17). The molecule has 0 radical (unpaired) electrons. The van der Waals surface area contributed by atoms with Crippen molar-refractivity contribution in [2.24, 2.45) is 0 Å². The Kier molecular flexibility index (Phi) is 3.97. The van der Waals surface area contributed by atoms with Crippen molar-refractivity contribution >= 4 is 5.95 Å². The molecule has 0 aliphatic heterocycles. The monoisotopic (exact) mass is 247 g/mol. The van der Waals surface area contributed by atoms with Gasteiger partial charge in [-0.1, -0.05) is 12.1 Å². The van der Waals surface area contributed by atoms with Crippen molar-refractivity contribution in [3.05, 3.63) is 47.5 Å². The van der Waals surface area contributed by atoms with Crippen LogP contribution >= 0.6 is 0 Å². The molecule has 0 atom stereocenters. The minimum atomic E-state index is -0.191. The molecule has 0 aliphatic carbocycles. The van der Waals surface area contributed by atoms with E-state index >= 15 is 0 Å². The second-order valence-electron chi connectivity index (χ2n) is 4.30. The number of aromatic nitrogens is 2. The van der Waals surface area contributed by atoms with Crippen molar-refractivity contribution in [2.75, 3.05) is 11.9 Å². The summed E-state index contributed by atoms with van der Waals surface area (Å²) in [5, 5.41) is 3.31. The van der Waals surface area contributed by atoms with Crippen LogP contribution in [0.2, 0.25) is 0 Å². The van der Waals surface area contributed by atoms with Gasteiger partial charge in [0.15, 0.2) is 0 Å². The lowest BCUT2D eigenvalue weighted by Crippen LogP contribution is -2.10. The highest BCUT2D eigenvalue weighted by Crippen LogP contribution is 2.09. The van der Waals surface area contributed by atoms with Gasteiger partial charge in [0.25, 0.3) is 0 Å². The van der Waals surface area contributed by atoms with Crippen molar-refractivity contribution in [1.82, 2.24) is 9.55 Å². The van der Waals surface area contributed by atoms with E-state index in [1.807, 2.05) is 25.3 Å². The van der Waals surface area contributed by atoms with Gasteiger partial charge in [0.1, 0.15) is 5.82 Å². The molecule has 1 heterocycles. The first-order chi connectivity index (χ1) is 8.69. The maximum absolute atomic E-state index is 12.7. The zero-order chi connectivity index (χ0) is 13.0. The van der Waals surface area contributed by atoms with E-state index in [0.717, 1.165) is 36.7 Å². The minimum Gasteiger partial charge on any atom is -0.355 e. The number of nitrogens with zero attached hydrogens (tertiary/aromatic N) is 2. The van der Waals surface area contributed by atoms with Crippen molar-refractivity contribution in [3.63, 3.8) is 0 Å². The smallest absolute Gasteiger partial charge is 0.203 e. The molecule has 1 N–H and O–H groups in total. The summed E-state index contributed by atoms with van der Waals surface area (Å²) in [5.74, 6) is 0.709. The minimum absolute atomic E-state index is 0.191. The summed E-state index contributed by atoms with van der Waals surface area (Å²) < 4.78 is 14.8. The van der Waals surface area contributed by atoms with Crippen molar-refractivity contribution in [3.8, 4) is 0 Å². The van der Waals surface area contributed by atoms with Crippen LogP contribution in [-0.2, 0) is 13.0 Å². The van der Waals surface area contributed by atoms with Crippen LogP contribution in [-0.4, -0.2) is 16.1 Å². The molecule has 0 bridgehead atoms. The van der Waals surface area contributed by atoms with E-state index in [9.17, 15) is 4.39 Å². The zero-order valence-corrected chi connectivity index (χ0v) is 10.8. The fraction of sp³-hybridized carbons (Fsp3) is 0.357. The fourth-order valence-corrected chi connectivity index (χ4v) is 1.90. The predicted molar refractivity (Wildman–Crippen MR) is 71.2 cm³/mol. The highest BCUT2D eigenvalue weighted by atomic mass is 19.1. The molecule has 2 aromatic rings. The summed E-state index contributed by atoms with van der Waals surface area (Å²) in [6.07, 6.45) is 2.89. The lowest BCUT2D eigenvalue weighted by Gasteiger charge is -2.07. The number of halogens is 1. The van der Waals surface area contributed by atoms with Gasteiger partial charge in [0, 0.05) is 19.3 Å². The number of anilines is 1. The third-order valence-electron chi connectivity index (χ3n) is 2.85. The van der Waals surface area contributed by atoms with Gasteiger partial charge in [-0.2, -0.15) is 0 Å². The van der Waals surface area contributed by atoms with Gasteiger partial charge in [0.05, 0.1) is 5.69 Å². The molecule has 0 amide bonds. The maximum atomic E-state index is 12.7. The predicted octanol–water partition coefficient (Wildman–Crippen LogP) is 3.01. The summed E-state index contributed by atoms with van der Waals surface area (Å²) in [6, 6.07) is 6.61. The van der Waals surface area contributed by atoms with E-state index in [1.54, 1.807) is 0 Å². The van der Waals surface area contributed by atoms with Crippen LogP contribution in [0.3, 0.4) is 0 Å². The molecular formula is C14H18FN3. The van der Waals surface area contributed by atoms with Crippen LogP contribution in [0, 0.1) is 12.7 Å². The van der Waals surface area contributed by atoms with E-state index in [4.69, 9.17) is 0 Å². The molecule has 4 heteroatoms. The first-order valence-electron chi connectivity index (χ1n) is 6.21. The Morgan fingerprint density at radius 3 is 2.67 bits per heavy atom. The largest absolute Gasteiger partial charge is 0.355 e. The second-order valence-corrected chi connectivity index (χ2v) is 4.30. The van der Waals surface area contributed by atoms with Gasteiger partial charge in [0.2, 0.25) is 5.95 Å². The SMILES string of the molecule is CCn1cc(C)nc1NCCc1ccc(F)cc1. The van der Waals surface area contributed by atoms with E-state index < -0.39 is 0 Å². The summed E-state index contributed by atoms with van der Waals surface area (Å²) in [5.41, 5.74) is 2.14. The average Bonchev–Trinajstić information content (AvgIpc) is 2.72. The van der Waals surface area contributed by atoms with E-state index in [2.05, 4.69) is 21.8 Å².